The summed E-state index contributed by atoms with van der Waals surface area (Å²) < 4.78 is 6.94. The number of Topliss-reactive ketones (excluding diaryl/α,β-unsaturated/α-hetero) is 1. The molecule has 0 bridgehead atoms. The van der Waals surface area contributed by atoms with Gasteiger partial charge < -0.3 is 4.74 Å². The van der Waals surface area contributed by atoms with E-state index in [4.69, 9.17) is 4.74 Å². The summed E-state index contributed by atoms with van der Waals surface area (Å²) >= 11 is 0. The quantitative estimate of drug-likeness (QED) is 0.774. The first kappa shape index (κ1) is 12.4. The summed E-state index contributed by atoms with van der Waals surface area (Å²) in [5, 5.41) is 4.23. The van der Waals surface area contributed by atoms with Crippen LogP contribution in [0.25, 0.3) is 0 Å². The van der Waals surface area contributed by atoms with E-state index in [9.17, 15) is 4.79 Å². The standard InChI is InChI=1S/C14H16N2O2/c1-10-8-11(16(2)15-10)9-13(17)12-6-4-5-7-14(12)18-3/h4-8H,9H2,1-3H3. The van der Waals surface area contributed by atoms with Crippen LogP contribution in [0.15, 0.2) is 30.3 Å². The third kappa shape index (κ3) is 2.42. The Balaban J connectivity index is 2.24. The second-order valence-corrected chi connectivity index (χ2v) is 4.20. The summed E-state index contributed by atoms with van der Waals surface area (Å²) in [4.78, 5) is 12.2. The number of rotatable bonds is 4. The number of aromatic nitrogens is 2. The molecule has 1 aromatic carbocycles. The van der Waals surface area contributed by atoms with Gasteiger partial charge in [-0.05, 0) is 25.1 Å². The van der Waals surface area contributed by atoms with Gasteiger partial charge in [-0.1, -0.05) is 12.1 Å². The highest BCUT2D eigenvalue weighted by Gasteiger charge is 2.14. The minimum Gasteiger partial charge on any atom is -0.496 e. The van der Waals surface area contributed by atoms with Gasteiger partial charge in [0, 0.05) is 12.7 Å². The molecule has 0 atom stereocenters. The number of hydrogen-bond acceptors (Lipinski definition) is 3. The number of hydrogen-bond donors (Lipinski definition) is 0. The third-order valence-electron chi connectivity index (χ3n) is 2.85. The van der Waals surface area contributed by atoms with Crippen LogP contribution in [0.3, 0.4) is 0 Å². The van der Waals surface area contributed by atoms with Gasteiger partial charge in [0.15, 0.2) is 5.78 Å². The predicted molar refractivity (Wildman–Crippen MR) is 69.0 cm³/mol. The molecule has 4 heteroatoms. The van der Waals surface area contributed by atoms with E-state index in [1.54, 1.807) is 23.9 Å². The number of benzene rings is 1. The molecule has 0 saturated carbocycles. The summed E-state index contributed by atoms with van der Waals surface area (Å²) in [6.45, 7) is 1.91. The van der Waals surface area contributed by atoms with E-state index in [0.717, 1.165) is 11.4 Å². The first-order chi connectivity index (χ1) is 8.61. The molecule has 0 radical (unpaired) electrons. The Labute approximate surface area is 106 Å². The van der Waals surface area contributed by atoms with Gasteiger partial charge in [0.2, 0.25) is 0 Å². The third-order valence-corrected chi connectivity index (χ3v) is 2.85. The number of carbonyl (C=O) groups excluding carboxylic acids is 1. The normalized spacial score (nSPS) is 10.4. The maximum absolute atomic E-state index is 12.2. The Hall–Kier alpha value is -2.10. The number of aryl methyl sites for hydroxylation is 2. The predicted octanol–water partition coefficient (Wildman–Crippen LogP) is 2.16. The Morgan fingerprint density at radius 2 is 2.11 bits per heavy atom. The molecule has 2 rings (SSSR count). The van der Waals surface area contributed by atoms with Crippen molar-refractivity contribution in [2.75, 3.05) is 7.11 Å². The van der Waals surface area contributed by atoms with E-state index in [1.165, 1.54) is 0 Å². The van der Waals surface area contributed by atoms with Crippen LogP contribution < -0.4 is 4.74 Å². The van der Waals surface area contributed by atoms with Gasteiger partial charge in [0.05, 0.1) is 24.8 Å². The van der Waals surface area contributed by atoms with E-state index in [1.807, 2.05) is 32.2 Å². The summed E-state index contributed by atoms with van der Waals surface area (Å²) in [6, 6.07) is 9.19. The van der Waals surface area contributed by atoms with Crippen molar-refractivity contribution in [1.82, 2.24) is 9.78 Å². The average Bonchev–Trinajstić information content (AvgIpc) is 2.67. The van der Waals surface area contributed by atoms with Crippen LogP contribution in [0.5, 0.6) is 5.75 Å². The minimum absolute atomic E-state index is 0.0375. The molecule has 0 spiro atoms. The molecule has 0 N–H and O–H groups in total. The minimum atomic E-state index is 0.0375. The fourth-order valence-corrected chi connectivity index (χ4v) is 1.96. The maximum atomic E-state index is 12.2. The van der Waals surface area contributed by atoms with Crippen LogP contribution in [0.2, 0.25) is 0 Å². The molecule has 4 nitrogen and oxygen atoms in total. The van der Waals surface area contributed by atoms with Gasteiger partial charge in [0.1, 0.15) is 5.75 Å². The summed E-state index contributed by atoms with van der Waals surface area (Å²) in [7, 11) is 3.41. The van der Waals surface area contributed by atoms with E-state index in [0.29, 0.717) is 17.7 Å². The van der Waals surface area contributed by atoms with Crippen molar-refractivity contribution < 1.29 is 9.53 Å². The van der Waals surface area contributed by atoms with E-state index in [2.05, 4.69) is 5.10 Å². The molecule has 94 valence electrons. The fourth-order valence-electron chi connectivity index (χ4n) is 1.96. The van der Waals surface area contributed by atoms with Gasteiger partial charge in [-0.3, -0.25) is 9.48 Å². The highest BCUT2D eigenvalue weighted by Crippen LogP contribution is 2.19. The molecule has 0 amide bonds. The van der Waals surface area contributed by atoms with Gasteiger partial charge >= 0.3 is 0 Å². The van der Waals surface area contributed by atoms with E-state index < -0.39 is 0 Å². The molecular formula is C14H16N2O2. The van der Waals surface area contributed by atoms with Gasteiger partial charge in [-0.25, -0.2) is 0 Å². The van der Waals surface area contributed by atoms with Crippen molar-refractivity contribution in [3.05, 3.63) is 47.3 Å². The Morgan fingerprint density at radius 3 is 2.72 bits per heavy atom. The Bertz CT molecular complexity index is 573. The second-order valence-electron chi connectivity index (χ2n) is 4.20. The van der Waals surface area contributed by atoms with Crippen molar-refractivity contribution in [2.45, 2.75) is 13.3 Å². The zero-order valence-corrected chi connectivity index (χ0v) is 10.8. The first-order valence-corrected chi connectivity index (χ1v) is 5.77. The molecule has 0 aliphatic heterocycles. The van der Waals surface area contributed by atoms with Crippen molar-refractivity contribution >= 4 is 5.78 Å². The number of para-hydroxylation sites is 1. The van der Waals surface area contributed by atoms with Crippen LogP contribution in [-0.2, 0) is 13.5 Å². The smallest absolute Gasteiger partial charge is 0.172 e. The molecule has 1 heterocycles. The SMILES string of the molecule is COc1ccccc1C(=O)Cc1cc(C)nn1C. The summed E-state index contributed by atoms with van der Waals surface area (Å²) in [5.74, 6) is 0.650. The zero-order valence-electron chi connectivity index (χ0n) is 10.8. The van der Waals surface area contributed by atoms with Crippen LogP contribution in [0.4, 0.5) is 0 Å². The Morgan fingerprint density at radius 1 is 1.39 bits per heavy atom. The molecule has 0 unspecified atom stereocenters. The van der Waals surface area contributed by atoms with Crippen molar-refractivity contribution in [1.29, 1.82) is 0 Å². The number of ether oxygens (including phenoxy) is 1. The van der Waals surface area contributed by atoms with Crippen molar-refractivity contribution in [3.8, 4) is 5.75 Å². The molecular weight excluding hydrogens is 228 g/mol. The van der Waals surface area contributed by atoms with Gasteiger partial charge in [-0.15, -0.1) is 0 Å². The van der Waals surface area contributed by atoms with Crippen molar-refractivity contribution in [3.63, 3.8) is 0 Å². The zero-order chi connectivity index (χ0) is 13.1. The lowest BCUT2D eigenvalue weighted by atomic mass is 10.1. The second kappa shape index (κ2) is 5.04. The highest BCUT2D eigenvalue weighted by molar-refractivity contribution is 5.99. The number of methoxy groups -OCH3 is 1. The van der Waals surface area contributed by atoms with Gasteiger partial charge in [-0.2, -0.15) is 5.10 Å². The lowest BCUT2D eigenvalue weighted by molar-refractivity contribution is 0.0988. The van der Waals surface area contributed by atoms with E-state index in [-0.39, 0.29) is 5.78 Å². The highest BCUT2D eigenvalue weighted by atomic mass is 16.5. The average molecular weight is 244 g/mol. The number of ketones is 1. The molecule has 18 heavy (non-hydrogen) atoms. The molecule has 2 aromatic rings. The molecule has 0 aliphatic rings. The molecule has 0 fully saturated rings. The lowest BCUT2D eigenvalue weighted by Gasteiger charge is -2.07. The number of nitrogens with zero attached hydrogens (tertiary/aromatic N) is 2. The maximum Gasteiger partial charge on any atom is 0.172 e. The topological polar surface area (TPSA) is 44.1 Å². The largest absolute Gasteiger partial charge is 0.496 e. The monoisotopic (exact) mass is 244 g/mol. The van der Waals surface area contributed by atoms with Crippen LogP contribution in [-0.4, -0.2) is 22.7 Å². The molecule has 0 saturated heterocycles. The fraction of sp³-hybridized carbons (Fsp3) is 0.286. The van der Waals surface area contributed by atoms with Crippen LogP contribution in [0.1, 0.15) is 21.7 Å². The van der Waals surface area contributed by atoms with Crippen LogP contribution >= 0.6 is 0 Å². The summed E-state index contributed by atoms with van der Waals surface area (Å²) in [6.07, 6.45) is 0.331. The summed E-state index contributed by atoms with van der Waals surface area (Å²) in [5.41, 5.74) is 2.43. The molecule has 1 aromatic heterocycles. The number of carbonyl (C=O) groups is 1. The molecule has 0 aliphatic carbocycles. The van der Waals surface area contributed by atoms with E-state index >= 15 is 0 Å². The first-order valence-electron chi connectivity index (χ1n) is 5.77. The lowest BCUT2D eigenvalue weighted by Crippen LogP contribution is -2.09. The Kier molecular flexibility index (Phi) is 3.46. The van der Waals surface area contributed by atoms with Gasteiger partial charge in [0.25, 0.3) is 0 Å². The van der Waals surface area contributed by atoms with Crippen LogP contribution in [0, 0.1) is 6.92 Å². The van der Waals surface area contributed by atoms with Crippen molar-refractivity contribution in [2.24, 2.45) is 7.05 Å².